The van der Waals surface area contributed by atoms with Crippen molar-refractivity contribution in [3.05, 3.63) is 71.3 Å². The van der Waals surface area contributed by atoms with E-state index in [9.17, 15) is 14.7 Å². The lowest BCUT2D eigenvalue weighted by Gasteiger charge is -2.22. The molecule has 0 aliphatic heterocycles. The van der Waals surface area contributed by atoms with E-state index in [1.807, 2.05) is 30.3 Å². The van der Waals surface area contributed by atoms with E-state index in [0.29, 0.717) is 0 Å². The highest BCUT2D eigenvalue weighted by Crippen LogP contribution is 2.14. The average Bonchev–Trinajstić information content (AvgIpc) is 3.10. The van der Waals surface area contributed by atoms with Gasteiger partial charge in [-0.3, -0.25) is 9.59 Å². The number of aliphatic hydroxyl groups excluding tert-OH is 1. The zero-order valence-electron chi connectivity index (χ0n) is 14.6. The zero-order chi connectivity index (χ0) is 20.1. The number of rotatable bonds is 7. The molecule has 4 N–H and O–H groups in total. The third-order valence-corrected chi connectivity index (χ3v) is 4.13. The zero-order valence-corrected chi connectivity index (χ0v) is 15.3. The van der Waals surface area contributed by atoms with Crippen LogP contribution >= 0.6 is 11.6 Å². The molecule has 0 spiro atoms. The molecule has 0 fully saturated rings. The fraction of sp³-hybridized carbons (Fsp3) is 0.167. The molecule has 1 aromatic carbocycles. The second-order valence-electron chi connectivity index (χ2n) is 5.93. The van der Waals surface area contributed by atoms with Gasteiger partial charge in [0.1, 0.15) is 5.69 Å². The van der Waals surface area contributed by atoms with Crippen molar-refractivity contribution in [1.82, 2.24) is 25.1 Å². The number of primary amides is 1. The standard InChI is InChI=1S/C18H17ClN6O3/c19-14-10-13(25(24-14)18-21-7-4-8-22-18)17(28)23-12(15(26)16(20)27)9-11-5-2-1-3-6-11/h1-8,10,12,15,26H,9H2,(H2,20,27)(H,23,28). The van der Waals surface area contributed by atoms with Gasteiger partial charge in [-0.2, -0.15) is 9.78 Å². The lowest BCUT2D eigenvalue weighted by Crippen LogP contribution is -2.50. The van der Waals surface area contributed by atoms with Gasteiger partial charge < -0.3 is 16.2 Å². The molecule has 2 unspecified atom stereocenters. The Hall–Kier alpha value is -3.30. The number of carbonyl (C=O) groups excluding carboxylic acids is 2. The Balaban J connectivity index is 1.87. The van der Waals surface area contributed by atoms with Crippen molar-refractivity contribution in [2.45, 2.75) is 18.6 Å². The number of nitrogens with zero attached hydrogens (tertiary/aromatic N) is 4. The first-order valence-electron chi connectivity index (χ1n) is 8.31. The smallest absolute Gasteiger partial charge is 0.270 e. The van der Waals surface area contributed by atoms with Crippen LogP contribution in [0, 0.1) is 0 Å². The lowest BCUT2D eigenvalue weighted by molar-refractivity contribution is -0.127. The Morgan fingerprint density at radius 1 is 1.18 bits per heavy atom. The Labute approximate surface area is 165 Å². The highest BCUT2D eigenvalue weighted by atomic mass is 35.5. The van der Waals surface area contributed by atoms with Crippen LogP contribution in [0.4, 0.5) is 0 Å². The summed E-state index contributed by atoms with van der Waals surface area (Å²) >= 11 is 5.95. The maximum Gasteiger partial charge on any atom is 0.270 e. The maximum absolute atomic E-state index is 12.8. The number of nitrogens with two attached hydrogens (primary N) is 1. The molecule has 10 heteroatoms. The van der Waals surface area contributed by atoms with Gasteiger partial charge >= 0.3 is 0 Å². The van der Waals surface area contributed by atoms with E-state index in [4.69, 9.17) is 17.3 Å². The minimum Gasteiger partial charge on any atom is -0.381 e. The van der Waals surface area contributed by atoms with Crippen LogP contribution in [-0.4, -0.2) is 48.8 Å². The van der Waals surface area contributed by atoms with Crippen LogP contribution in [0.5, 0.6) is 0 Å². The predicted molar refractivity (Wildman–Crippen MR) is 101 cm³/mol. The molecule has 144 valence electrons. The number of aromatic nitrogens is 4. The van der Waals surface area contributed by atoms with Crippen LogP contribution < -0.4 is 11.1 Å². The Kier molecular flexibility index (Phi) is 5.97. The van der Waals surface area contributed by atoms with E-state index < -0.39 is 24.0 Å². The number of carbonyl (C=O) groups is 2. The quantitative estimate of drug-likeness (QED) is 0.528. The molecular formula is C18H17ClN6O3. The number of halogens is 1. The number of hydrogen-bond donors (Lipinski definition) is 3. The van der Waals surface area contributed by atoms with Crippen molar-refractivity contribution in [1.29, 1.82) is 0 Å². The van der Waals surface area contributed by atoms with E-state index in [0.717, 1.165) is 5.56 Å². The largest absolute Gasteiger partial charge is 0.381 e. The van der Waals surface area contributed by atoms with E-state index in [1.165, 1.54) is 23.1 Å². The molecule has 0 bridgehead atoms. The first kappa shape index (κ1) is 19.5. The van der Waals surface area contributed by atoms with E-state index in [1.54, 1.807) is 6.07 Å². The Morgan fingerprint density at radius 3 is 2.50 bits per heavy atom. The molecular weight excluding hydrogens is 384 g/mol. The van der Waals surface area contributed by atoms with Gasteiger partial charge in [0, 0.05) is 18.5 Å². The summed E-state index contributed by atoms with van der Waals surface area (Å²) in [6.45, 7) is 0. The van der Waals surface area contributed by atoms with Crippen LogP contribution in [0.15, 0.2) is 54.9 Å². The minimum absolute atomic E-state index is 0.0472. The molecule has 0 aliphatic carbocycles. The molecule has 28 heavy (non-hydrogen) atoms. The van der Waals surface area contributed by atoms with Crippen LogP contribution in [0.3, 0.4) is 0 Å². The molecule has 0 saturated carbocycles. The number of benzene rings is 1. The van der Waals surface area contributed by atoms with Gasteiger partial charge in [-0.25, -0.2) is 9.97 Å². The molecule has 2 amide bonds. The number of aliphatic hydroxyl groups is 1. The molecule has 0 radical (unpaired) electrons. The third kappa shape index (κ3) is 4.51. The first-order valence-corrected chi connectivity index (χ1v) is 8.68. The summed E-state index contributed by atoms with van der Waals surface area (Å²) in [5.74, 6) is -1.41. The molecule has 2 aromatic heterocycles. The highest BCUT2D eigenvalue weighted by molar-refractivity contribution is 6.29. The second kappa shape index (κ2) is 8.59. The van der Waals surface area contributed by atoms with Crippen molar-refractivity contribution >= 4 is 23.4 Å². The van der Waals surface area contributed by atoms with Gasteiger partial charge in [-0.05, 0) is 18.1 Å². The summed E-state index contributed by atoms with van der Waals surface area (Å²) in [4.78, 5) is 32.4. The predicted octanol–water partition coefficient (Wildman–Crippen LogP) is 0.503. The topological polar surface area (TPSA) is 136 Å². The molecule has 9 nitrogen and oxygen atoms in total. The molecule has 3 aromatic rings. The molecule has 0 saturated heterocycles. The van der Waals surface area contributed by atoms with Crippen molar-refractivity contribution in [2.75, 3.05) is 0 Å². The minimum atomic E-state index is -1.58. The van der Waals surface area contributed by atoms with Gasteiger partial charge in [0.15, 0.2) is 11.3 Å². The van der Waals surface area contributed by atoms with Gasteiger partial charge in [0.05, 0.1) is 6.04 Å². The molecule has 2 atom stereocenters. The Morgan fingerprint density at radius 2 is 1.86 bits per heavy atom. The maximum atomic E-state index is 12.8. The summed E-state index contributed by atoms with van der Waals surface area (Å²) in [5.41, 5.74) is 6.09. The van der Waals surface area contributed by atoms with Crippen LogP contribution in [0.25, 0.3) is 5.95 Å². The lowest BCUT2D eigenvalue weighted by atomic mass is 10.0. The van der Waals surface area contributed by atoms with Crippen LogP contribution in [0.1, 0.15) is 16.1 Å². The number of amides is 2. The average molecular weight is 401 g/mol. The summed E-state index contributed by atoms with van der Waals surface area (Å²) < 4.78 is 1.17. The summed E-state index contributed by atoms with van der Waals surface area (Å²) in [7, 11) is 0. The fourth-order valence-electron chi connectivity index (χ4n) is 2.62. The van der Waals surface area contributed by atoms with E-state index in [-0.39, 0.29) is 23.2 Å². The van der Waals surface area contributed by atoms with Crippen LogP contribution in [-0.2, 0) is 11.2 Å². The third-order valence-electron chi connectivity index (χ3n) is 3.94. The van der Waals surface area contributed by atoms with Gasteiger partial charge in [-0.15, -0.1) is 0 Å². The van der Waals surface area contributed by atoms with Crippen molar-refractivity contribution in [3.63, 3.8) is 0 Å². The summed E-state index contributed by atoms with van der Waals surface area (Å²) in [6.07, 6.45) is 1.60. The fourth-order valence-corrected chi connectivity index (χ4v) is 2.80. The van der Waals surface area contributed by atoms with E-state index in [2.05, 4.69) is 20.4 Å². The SMILES string of the molecule is NC(=O)C(O)C(Cc1ccccc1)NC(=O)c1cc(Cl)nn1-c1ncccn1. The second-order valence-corrected chi connectivity index (χ2v) is 6.32. The Bertz CT molecular complexity index is 964. The van der Waals surface area contributed by atoms with Crippen molar-refractivity contribution in [3.8, 4) is 5.95 Å². The summed E-state index contributed by atoms with van der Waals surface area (Å²) in [5, 5.41) is 16.9. The highest BCUT2D eigenvalue weighted by Gasteiger charge is 2.28. The van der Waals surface area contributed by atoms with Crippen molar-refractivity contribution in [2.24, 2.45) is 5.73 Å². The first-order chi connectivity index (χ1) is 13.5. The monoisotopic (exact) mass is 400 g/mol. The van der Waals surface area contributed by atoms with Gasteiger partial charge in [0.2, 0.25) is 5.91 Å². The van der Waals surface area contributed by atoms with Crippen LogP contribution in [0.2, 0.25) is 5.15 Å². The normalized spacial score (nSPS) is 12.9. The molecule has 2 heterocycles. The van der Waals surface area contributed by atoms with Gasteiger partial charge in [0.25, 0.3) is 11.9 Å². The summed E-state index contributed by atoms with van der Waals surface area (Å²) in [6, 6.07) is 11.1. The number of nitrogens with one attached hydrogen (secondary N) is 1. The molecule has 3 rings (SSSR count). The number of hydrogen-bond acceptors (Lipinski definition) is 6. The van der Waals surface area contributed by atoms with Gasteiger partial charge in [-0.1, -0.05) is 41.9 Å². The molecule has 0 aliphatic rings. The van der Waals surface area contributed by atoms with E-state index >= 15 is 0 Å². The van der Waals surface area contributed by atoms with Crippen molar-refractivity contribution < 1.29 is 14.7 Å².